The fourth-order valence-corrected chi connectivity index (χ4v) is 4.86. The lowest BCUT2D eigenvalue weighted by molar-refractivity contribution is -0.135. The Morgan fingerprint density at radius 1 is 1.04 bits per heavy atom. The fraction of sp³-hybridized carbons (Fsp3) is 0.529. The van der Waals surface area contributed by atoms with E-state index in [4.69, 9.17) is 5.26 Å². The summed E-state index contributed by atoms with van der Waals surface area (Å²) in [5, 5.41) is 8.81. The maximum absolute atomic E-state index is 12.7. The van der Waals surface area contributed by atoms with E-state index >= 15 is 0 Å². The van der Waals surface area contributed by atoms with E-state index in [9.17, 15) is 13.2 Å². The summed E-state index contributed by atoms with van der Waals surface area (Å²) in [6.45, 7) is 2.41. The molecule has 0 N–H and O–H groups in total. The van der Waals surface area contributed by atoms with Crippen molar-refractivity contribution in [2.75, 3.05) is 26.2 Å². The first-order chi connectivity index (χ1) is 11.5. The molecule has 0 aliphatic carbocycles. The summed E-state index contributed by atoms with van der Waals surface area (Å²) in [6.07, 6.45) is 3.28. The molecule has 1 amide bonds. The minimum atomic E-state index is -3.56. The zero-order chi connectivity index (χ0) is 17.2. The summed E-state index contributed by atoms with van der Waals surface area (Å²) in [5.74, 6) is 0.124. The molecule has 0 spiro atoms. The number of nitriles is 1. The minimum absolute atomic E-state index is 0.0597. The van der Waals surface area contributed by atoms with Crippen LogP contribution in [0.2, 0.25) is 0 Å². The van der Waals surface area contributed by atoms with Gasteiger partial charge in [0.15, 0.2) is 0 Å². The molecule has 1 aromatic rings. The second-order valence-electron chi connectivity index (χ2n) is 6.35. The van der Waals surface area contributed by atoms with Crippen LogP contribution in [0.25, 0.3) is 0 Å². The molecule has 7 heteroatoms. The van der Waals surface area contributed by atoms with Crippen LogP contribution in [0.5, 0.6) is 0 Å². The molecule has 0 bridgehead atoms. The van der Waals surface area contributed by atoms with Gasteiger partial charge in [-0.3, -0.25) is 4.79 Å². The van der Waals surface area contributed by atoms with Crippen LogP contribution in [0.3, 0.4) is 0 Å². The monoisotopic (exact) mass is 347 g/mol. The van der Waals surface area contributed by atoms with E-state index < -0.39 is 10.0 Å². The van der Waals surface area contributed by atoms with E-state index in [2.05, 4.69) is 0 Å². The maximum atomic E-state index is 12.7. The van der Waals surface area contributed by atoms with Crippen molar-refractivity contribution >= 4 is 15.9 Å². The Morgan fingerprint density at radius 3 is 2.17 bits per heavy atom. The van der Waals surface area contributed by atoms with Crippen molar-refractivity contribution in [1.82, 2.24) is 9.21 Å². The van der Waals surface area contributed by atoms with Gasteiger partial charge >= 0.3 is 0 Å². The van der Waals surface area contributed by atoms with Gasteiger partial charge in [-0.2, -0.15) is 9.57 Å². The lowest BCUT2D eigenvalue weighted by Crippen LogP contribution is -2.43. The molecule has 2 saturated heterocycles. The first-order valence-electron chi connectivity index (χ1n) is 8.31. The average molecular weight is 347 g/mol. The number of hydrogen-bond donors (Lipinski definition) is 0. The summed E-state index contributed by atoms with van der Waals surface area (Å²) < 4.78 is 26.8. The average Bonchev–Trinajstić information content (AvgIpc) is 3.16. The Labute approximate surface area is 142 Å². The number of rotatable bonds is 3. The molecular formula is C17H21N3O3S. The third-order valence-corrected chi connectivity index (χ3v) is 6.75. The number of nitrogens with zero attached hydrogens (tertiary/aromatic N) is 3. The normalized spacial score (nSPS) is 20.0. The van der Waals surface area contributed by atoms with Gasteiger partial charge in [0, 0.05) is 32.1 Å². The Morgan fingerprint density at radius 2 is 1.62 bits per heavy atom. The van der Waals surface area contributed by atoms with Gasteiger partial charge in [0.25, 0.3) is 0 Å². The third-order valence-electron chi connectivity index (χ3n) is 4.84. The highest BCUT2D eigenvalue weighted by atomic mass is 32.2. The largest absolute Gasteiger partial charge is 0.342 e. The lowest BCUT2D eigenvalue weighted by atomic mass is 9.97. The van der Waals surface area contributed by atoms with Crippen molar-refractivity contribution in [1.29, 1.82) is 5.26 Å². The fourth-order valence-electron chi connectivity index (χ4n) is 3.39. The second kappa shape index (κ2) is 6.91. The van der Waals surface area contributed by atoms with E-state index in [1.54, 1.807) is 0 Å². The van der Waals surface area contributed by atoms with Crippen LogP contribution in [0, 0.1) is 17.2 Å². The molecule has 128 valence electrons. The van der Waals surface area contributed by atoms with Crippen LogP contribution in [0.15, 0.2) is 29.2 Å². The van der Waals surface area contributed by atoms with Crippen LogP contribution in [0.4, 0.5) is 0 Å². The van der Waals surface area contributed by atoms with E-state index in [0.29, 0.717) is 31.5 Å². The summed E-state index contributed by atoms with van der Waals surface area (Å²) in [7, 11) is -3.56. The predicted octanol–water partition coefficient (Wildman–Crippen LogP) is 1.58. The number of hydrogen-bond acceptors (Lipinski definition) is 4. The highest BCUT2D eigenvalue weighted by Crippen LogP contribution is 2.26. The Kier molecular flexibility index (Phi) is 4.88. The SMILES string of the molecule is N#Cc1ccc(S(=O)(=O)N2CCC(C(=O)N3CCCC3)CC2)cc1. The standard InChI is InChI=1S/C17H21N3O3S/c18-13-14-3-5-16(6-4-14)24(22,23)20-11-7-15(8-12-20)17(21)19-9-1-2-10-19/h3-6,15H,1-2,7-12H2. The predicted molar refractivity (Wildman–Crippen MR) is 88.5 cm³/mol. The molecule has 2 heterocycles. The zero-order valence-corrected chi connectivity index (χ0v) is 14.3. The van der Waals surface area contributed by atoms with Gasteiger partial charge < -0.3 is 4.90 Å². The molecule has 0 atom stereocenters. The van der Waals surface area contributed by atoms with Gasteiger partial charge in [0.2, 0.25) is 15.9 Å². The van der Waals surface area contributed by atoms with E-state index in [1.165, 1.54) is 28.6 Å². The molecular weight excluding hydrogens is 326 g/mol. The topological polar surface area (TPSA) is 81.5 Å². The molecule has 2 fully saturated rings. The number of piperidine rings is 1. The zero-order valence-electron chi connectivity index (χ0n) is 13.5. The van der Waals surface area contributed by atoms with Crippen LogP contribution < -0.4 is 0 Å². The number of carbonyl (C=O) groups is 1. The number of benzene rings is 1. The summed E-state index contributed by atoms with van der Waals surface area (Å²) in [5.41, 5.74) is 0.434. The van der Waals surface area contributed by atoms with Crippen LogP contribution in [-0.4, -0.2) is 49.7 Å². The van der Waals surface area contributed by atoms with Gasteiger partial charge in [-0.05, 0) is 49.9 Å². The molecule has 0 radical (unpaired) electrons. The highest BCUT2D eigenvalue weighted by Gasteiger charge is 2.34. The molecule has 2 aliphatic rings. The van der Waals surface area contributed by atoms with Gasteiger partial charge in [0.05, 0.1) is 16.5 Å². The lowest BCUT2D eigenvalue weighted by Gasteiger charge is -2.32. The van der Waals surface area contributed by atoms with Gasteiger partial charge in [-0.1, -0.05) is 0 Å². The molecule has 3 rings (SSSR count). The highest BCUT2D eigenvalue weighted by molar-refractivity contribution is 7.89. The summed E-state index contributed by atoms with van der Waals surface area (Å²) in [6, 6.07) is 7.94. The number of amides is 1. The van der Waals surface area contributed by atoms with Crippen LogP contribution in [0.1, 0.15) is 31.2 Å². The molecule has 24 heavy (non-hydrogen) atoms. The number of sulfonamides is 1. The third kappa shape index (κ3) is 3.30. The van der Waals surface area contributed by atoms with Crippen molar-refractivity contribution in [2.45, 2.75) is 30.6 Å². The molecule has 6 nitrogen and oxygen atoms in total. The quantitative estimate of drug-likeness (QED) is 0.831. The van der Waals surface area contributed by atoms with Crippen molar-refractivity contribution in [3.63, 3.8) is 0 Å². The van der Waals surface area contributed by atoms with E-state index in [1.807, 2.05) is 11.0 Å². The summed E-state index contributed by atoms with van der Waals surface area (Å²) >= 11 is 0. The maximum Gasteiger partial charge on any atom is 0.243 e. The minimum Gasteiger partial charge on any atom is -0.342 e. The molecule has 0 aromatic heterocycles. The number of likely N-dealkylation sites (tertiary alicyclic amines) is 1. The first kappa shape index (κ1) is 16.9. The Bertz CT molecular complexity index is 738. The molecule has 0 unspecified atom stereocenters. The molecule has 1 aromatic carbocycles. The van der Waals surface area contributed by atoms with Crippen molar-refractivity contribution in [3.05, 3.63) is 29.8 Å². The van der Waals surface area contributed by atoms with Crippen LogP contribution >= 0.6 is 0 Å². The van der Waals surface area contributed by atoms with Gasteiger partial charge in [-0.25, -0.2) is 8.42 Å². The Balaban J connectivity index is 1.64. The Hall–Kier alpha value is -1.91. The van der Waals surface area contributed by atoms with Crippen molar-refractivity contribution < 1.29 is 13.2 Å². The van der Waals surface area contributed by atoms with Crippen molar-refractivity contribution in [3.8, 4) is 6.07 Å². The van der Waals surface area contributed by atoms with Gasteiger partial charge in [-0.15, -0.1) is 0 Å². The summed E-state index contributed by atoms with van der Waals surface area (Å²) in [4.78, 5) is 14.5. The van der Waals surface area contributed by atoms with Crippen LogP contribution in [-0.2, 0) is 14.8 Å². The molecule has 0 saturated carbocycles. The van der Waals surface area contributed by atoms with E-state index in [-0.39, 0.29) is 16.7 Å². The smallest absolute Gasteiger partial charge is 0.243 e. The second-order valence-corrected chi connectivity index (χ2v) is 8.28. The number of carbonyl (C=O) groups excluding carboxylic acids is 1. The molecule has 2 aliphatic heterocycles. The first-order valence-corrected chi connectivity index (χ1v) is 9.75. The van der Waals surface area contributed by atoms with E-state index in [0.717, 1.165) is 25.9 Å². The van der Waals surface area contributed by atoms with Gasteiger partial charge in [0.1, 0.15) is 0 Å². The van der Waals surface area contributed by atoms with Crippen molar-refractivity contribution in [2.24, 2.45) is 5.92 Å².